The number of rotatable bonds is 7. The van der Waals surface area contributed by atoms with Gasteiger partial charge in [0.1, 0.15) is 11.8 Å². The van der Waals surface area contributed by atoms with E-state index in [1.165, 1.54) is 0 Å². The normalized spacial score (nSPS) is 11.7. The minimum Gasteiger partial charge on any atom is -0.493 e. The molecule has 2 N–H and O–H groups in total. The lowest BCUT2D eigenvalue weighted by molar-refractivity contribution is -0.138. The number of carboxylic acid groups (broad SMARTS) is 1. The Morgan fingerprint density at radius 3 is 2.68 bits per heavy atom. The van der Waals surface area contributed by atoms with Crippen molar-refractivity contribution < 1.29 is 19.4 Å². The average Bonchev–Trinajstić information content (AvgIpc) is 2.42. The van der Waals surface area contributed by atoms with Crippen molar-refractivity contribution in [3.63, 3.8) is 0 Å². The van der Waals surface area contributed by atoms with E-state index in [-0.39, 0.29) is 5.75 Å². The molecule has 1 amide bonds. The number of carbonyl (C=O) groups is 2. The van der Waals surface area contributed by atoms with E-state index in [2.05, 4.69) is 17.9 Å². The fourth-order valence-corrected chi connectivity index (χ4v) is 1.66. The van der Waals surface area contributed by atoms with E-state index in [1.807, 2.05) is 6.92 Å². The molecule has 0 saturated heterocycles. The summed E-state index contributed by atoms with van der Waals surface area (Å²) in [5.74, 6) is -1.12. The Hall–Kier alpha value is -1.69. The molecule has 0 aliphatic carbocycles. The molecular formula is C13H17NO4S. The molecule has 0 bridgehead atoms. The second-order valence-corrected chi connectivity index (χ2v) is 4.26. The number of hydrogen-bond donors (Lipinski definition) is 3. The molecule has 1 aromatic rings. The second-order valence-electron chi connectivity index (χ2n) is 3.89. The van der Waals surface area contributed by atoms with Crippen LogP contribution in [0.15, 0.2) is 24.3 Å². The van der Waals surface area contributed by atoms with Gasteiger partial charge in [-0.2, -0.15) is 12.6 Å². The number of carboxylic acids is 1. The maximum absolute atomic E-state index is 12.0. The highest BCUT2D eigenvalue weighted by atomic mass is 32.1. The summed E-state index contributed by atoms with van der Waals surface area (Å²) in [6, 6.07) is 5.72. The van der Waals surface area contributed by atoms with Crippen LogP contribution in [0.4, 0.5) is 0 Å². The summed E-state index contributed by atoms with van der Waals surface area (Å²) in [6.07, 6.45) is 0.824. The van der Waals surface area contributed by atoms with Crippen molar-refractivity contribution in [3.05, 3.63) is 29.8 Å². The third kappa shape index (κ3) is 4.48. The highest BCUT2D eigenvalue weighted by Crippen LogP contribution is 2.18. The Bertz CT molecular complexity index is 450. The van der Waals surface area contributed by atoms with Gasteiger partial charge in [-0.1, -0.05) is 19.1 Å². The van der Waals surface area contributed by atoms with Gasteiger partial charge in [0.25, 0.3) is 5.91 Å². The van der Waals surface area contributed by atoms with E-state index in [1.54, 1.807) is 24.3 Å². The zero-order valence-corrected chi connectivity index (χ0v) is 11.5. The van der Waals surface area contributed by atoms with Gasteiger partial charge < -0.3 is 15.2 Å². The number of para-hydroxylation sites is 1. The topological polar surface area (TPSA) is 75.6 Å². The molecule has 0 aliphatic heterocycles. The summed E-state index contributed by atoms with van der Waals surface area (Å²) < 4.78 is 5.46. The summed E-state index contributed by atoms with van der Waals surface area (Å²) in [7, 11) is 0. The molecule has 0 fully saturated rings. The number of ether oxygens (including phenoxy) is 1. The van der Waals surface area contributed by atoms with Gasteiger partial charge in [-0.25, -0.2) is 4.79 Å². The van der Waals surface area contributed by atoms with Crippen molar-refractivity contribution >= 4 is 24.5 Å². The number of hydrogen-bond acceptors (Lipinski definition) is 4. The van der Waals surface area contributed by atoms with Gasteiger partial charge in [0.05, 0.1) is 12.2 Å². The molecule has 0 spiro atoms. The van der Waals surface area contributed by atoms with Crippen LogP contribution in [0.25, 0.3) is 0 Å². The lowest BCUT2D eigenvalue weighted by Gasteiger charge is -2.14. The van der Waals surface area contributed by atoms with Crippen LogP contribution in [-0.4, -0.2) is 35.4 Å². The zero-order valence-electron chi connectivity index (χ0n) is 10.6. The van der Waals surface area contributed by atoms with Gasteiger partial charge in [0, 0.05) is 5.75 Å². The molecule has 0 heterocycles. The number of amides is 1. The summed E-state index contributed by atoms with van der Waals surface area (Å²) in [6.45, 7) is 2.46. The lowest BCUT2D eigenvalue weighted by atomic mass is 10.1. The smallest absolute Gasteiger partial charge is 0.327 e. The number of thiol groups is 1. The summed E-state index contributed by atoms with van der Waals surface area (Å²) in [4.78, 5) is 22.9. The Labute approximate surface area is 117 Å². The molecule has 1 atom stereocenters. The van der Waals surface area contributed by atoms with Crippen LogP contribution in [-0.2, 0) is 4.79 Å². The quantitative estimate of drug-likeness (QED) is 0.664. The first-order valence-electron chi connectivity index (χ1n) is 5.96. The molecule has 0 aromatic heterocycles. The first kappa shape index (κ1) is 15.4. The van der Waals surface area contributed by atoms with Crippen molar-refractivity contribution in [2.24, 2.45) is 0 Å². The number of benzene rings is 1. The molecule has 1 aromatic carbocycles. The SMILES string of the molecule is CCCOc1ccccc1C(=O)N[C@@H](CS)C(=O)O. The van der Waals surface area contributed by atoms with E-state index in [0.717, 1.165) is 6.42 Å². The van der Waals surface area contributed by atoms with Crippen molar-refractivity contribution in [1.82, 2.24) is 5.32 Å². The molecule has 104 valence electrons. The van der Waals surface area contributed by atoms with Crippen LogP contribution in [0, 0.1) is 0 Å². The monoisotopic (exact) mass is 283 g/mol. The zero-order chi connectivity index (χ0) is 14.3. The minimum atomic E-state index is -1.12. The van der Waals surface area contributed by atoms with E-state index >= 15 is 0 Å². The molecule has 1 rings (SSSR count). The summed E-state index contributed by atoms with van der Waals surface area (Å²) in [5.41, 5.74) is 0.323. The summed E-state index contributed by atoms with van der Waals surface area (Å²) in [5, 5.41) is 11.3. The Morgan fingerprint density at radius 2 is 2.11 bits per heavy atom. The van der Waals surface area contributed by atoms with Crippen molar-refractivity contribution in [2.75, 3.05) is 12.4 Å². The Morgan fingerprint density at radius 1 is 1.42 bits per heavy atom. The predicted molar refractivity (Wildman–Crippen MR) is 75.0 cm³/mol. The van der Waals surface area contributed by atoms with Gasteiger partial charge in [-0.15, -0.1) is 0 Å². The lowest BCUT2D eigenvalue weighted by Crippen LogP contribution is -2.42. The van der Waals surface area contributed by atoms with Crippen molar-refractivity contribution in [2.45, 2.75) is 19.4 Å². The molecule has 0 aliphatic rings. The largest absolute Gasteiger partial charge is 0.493 e. The molecule has 5 nitrogen and oxygen atoms in total. The third-order valence-electron chi connectivity index (χ3n) is 2.38. The number of nitrogens with one attached hydrogen (secondary N) is 1. The van der Waals surface area contributed by atoms with Crippen molar-refractivity contribution in [3.8, 4) is 5.75 Å². The average molecular weight is 283 g/mol. The minimum absolute atomic E-state index is 0.0268. The Kier molecular flexibility index (Phi) is 6.21. The van der Waals surface area contributed by atoms with Crippen LogP contribution < -0.4 is 10.1 Å². The maximum atomic E-state index is 12.0. The van der Waals surface area contributed by atoms with Gasteiger partial charge >= 0.3 is 5.97 Å². The second kappa shape index (κ2) is 7.68. The highest BCUT2D eigenvalue weighted by molar-refractivity contribution is 7.80. The first-order valence-corrected chi connectivity index (χ1v) is 6.59. The summed E-state index contributed by atoms with van der Waals surface area (Å²) >= 11 is 3.90. The number of carbonyl (C=O) groups excluding carboxylic acids is 1. The highest BCUT2D eigenvalue weighted by Gasteiger charge is 2.20. The fraction of sp³-hybridized carbons (Fsp3) is 0.385. The molecule has 19 heavy (non-hydrogen) atoms. The van der Waals surface area contributed by atoms with Crippen LogP contribution in [0.2, 0.25) is 0 Å². The Balaban J connectivity index is 2.83. The van der Waals surface area contributed by atoms with Crippen LogP contribution in [0.3, 0.4) is 0 Å². The van der Waals surface area contributed by atoms with Crippen LogP contribution >= 0.6 is 12.6 Å². The van der Waals surface area contributed by atoms with Gasteiger partial charge in [-0.3, -0.25) is 4.79 Å². The standard InChI is InChI=1S/C13H17NO4S/c1-2-7-18-11-6-4-3-5-9(11)12(15)14-10(8-19)13(16)17/h3-6,10,19H,2,7-8H2,1H3,(H,14,15)(H,16,17)/t10-/m0/s1. The molecule has 0 radical (unpaired) electrons. The third-order valence-corrected chi connectivity index (χ3v) is 2.74. The van der Waals surface area contributed by atoms with Gasteiger partial charge in [0.2, 0.25) is 0 Å². The van der Waals surface area contributed by atoms with Crippen LogP contribution in [0.1, 0.15) is 23.7 Å². The van der Waals surface area contributed by atoms with E-state index in [4.69, 9.17) is 9.84 Å². The van der Waals surface area contributed by atoms with Crippen LogP contribution in [0.5, 0.6) is 5.75 Å². The van der Waals surface area contributed by atoms with Gasteiger partial charge in [0.15, 0.2) is 0 Å². The predicted octanol–water partition coefficient (Wildman–Crippen LogP) is 1.59. The van der Waals surface area contributed by atoms with Gasteiger partial charge in [-0.05, 0) is 18.6 Å². The van der Waals surface area contributed by atoms with E-state index in [0.29, 0.717) is 17.9 Å². The fourth-order valence-electron chi connectivity index (χ4n) is 1.41. The molecule has 0 unspecified atom stereocenters. The molecule has 6 heteroatoms. The first-order chi connectivity index (χ1) is 9.10. The maximum Gasteiger partial charge on any atom is 0.327 e. The van der Waals surface area contributed by atoms with E-state index < -0.39 is 17.9 Å². The van der Waals surface area contributed by atoms with Crippen molar-refractivity contribution in [1.29, 1.82) is 0 Å². The molecule has 0 saturated carbocycles. The molecular weight excluding hydrogens is 266 g/mol. The number of aliphatic carboxylic acids is 1. The van der Waals surface area contributed by atoms with E-state index in [9.17, 15) is 9.59 Å².